The predicted octanol–water partition coefficient (Wildman–Crippen LogP) is 2.83. The molecule has 2 rings (SSSR count). The summed E-state index contributed by atoms with van der Waals surface area (Å²) in [6.45, 7) is 6.94. The zero-order valence-electron chi connectivity index (χ0n) is 16.0. The third-order valence-corrected chi connectivity index (χ3v) is 4.48. The normalized spacial score (nSPS) is 10.2. The number of ether oxygens (including phenoxy) is 1. The zero-order chi connectivity index (χ0) is 20.0. The quantitative estimate of drug-likeness (QED) is 0.768. The van der Waals surface area contributed by atoms with Crippen molar-refractivity contribution >= 4 is 23.5 Å². The van der Waals surface area contributed by atoms with Crippen LogP contribution in [0.15, 0.2) is 36.4 Å². The molecule has 0 aliphatic carbocycles. The molecule has 2 aromatic carbocycles. The summed E-state index contributed by atoms with van der Waals surface area (Å²) >= 11 is 0. The van der Waals surface area contributed by atoms with Gasteiger partial charge in [-0.1, -0.05) is 24.3 Å². The second kappa shape index (κ2) is 8.98. The summed E-state index contributed by atoms with van der Waals surface area (Å²) in [5.41, 5.74) is 4.95. The number of amides is 2. The first-order valence-corrected chi connectivity index (χ1v) is 8.65. The maximum atomic E-state index is 12.1. The molecule has 0 fully saturated rings. The van der Waals surface area contributed by atoms with Gasteiger partial charge in [0.25, 0.3) is 5.91 Å². The van der Waals surface area contributed by atoms with Gasteiger partial charge < -0.3 is 15.4 Å². The Morgan fingerprint density at radius 1 is 0.852 bits per heavy atom. The Morgan fingerprint density at radius 2 is 1.48 bits per heavy atom. The van der Waals surface area contributed by atoms with Crippen molar-refractivity contribution in [1.29, 1.82) is 0 Å². The van der Waals surface area contributed by atoms with E-state index in [2.05, 4.69) is 10.6 Å². The zero-order valence-corrected chi connectivity index (χ0v) is 16.0. The first-order valence-electron chi connectivity index (χ1n) is 8.65. The number of benzene rings is 2. The highest BCUT2D eigenvalue weighted by atomic mass is 16.5. The molecule has 142 valence electrons. The maximum Gasteiger partial charge on any atom is 0.338 e. The van der Waals surface area contributed by atoms with E-state index < -0.39 is 18.5 Å². The molecule has 2 amide bonds. The Kier molecular flexibility index (Phi) is 6.71. The molecule has 27 heavy (non-hydrogen) atoms. The number of hydrogen-bond acceptors (Lipinski definition) is 4. The Labute approximate surface area is 158 Å². The summed E-state index contributed by atoms with van der Waals surface area (Å²) in [5, 5.41) is 5.19. The summed E-state index contributed by atoms with van der Waals surface area (Å²) in [5.74, 6) is -1.45. The van der Waals surface area contributed by atoms with Crippen LogP contribution < -0.4 is 10.6 Å². The van der Waals surface area contributed by atoms with Crippen molar-refractivity contribution in [2.75, 3.05) is 18.5 Å². The molecule has 2 aromatic rings. The molecule has 0 aromatic heterocycles. The molecule has 0 radical (unpaired) electrons. The maximum absolute atomic E-state index is 12.1. The van der Waals surface area contributed by atoms with Gasteiger partial charge in [-0.3, -0.25) is 9.59 Å². The molecular weight excluding hydrogens is 344 g/mol. The van der Waals surface area contributed by atoms with Crippen LogP contribution in [0, 0.1) is 27.7 Å². The van der Waals surface area contributed by atoms with Crippen LogP contribution in [0.5, 0.6) is 0 Å². The van der Waals surface area contributed by atoms with Crippen molar-refractivity contribution in [3.8, 4) is 0 Å². The standard InChI is InChI=1S/C21H24N2O4/c1-13-7-5-9-17(15(13)3)21(26)27-12-20(25)22-11-19(24)23-18-10-6-8-14(2)16(18)4/h5-10H,11-12H2,1-4H3,(H,22,25)(H,23,24). The van der Waals surface area contributed by atoms with E-state index >= 15 is 0 Å². The SMILES string of the molecule is Cc1cccc(NC(=O)CNC(=O)COC(=O)c2cccc(C)c2C)c1C. The van der Waals surface area contributed by atoms with E-state index in [1.54, 1.807) is 18.2 Å². The minimum Gasteiger partial charge on any atom is -0.452 e. The van der Waals surface area contributed by atoms with Crippen LogP contribution >= 0.6 is 0 Å². The van der Waals surface area contributed by atoms with E-state index in [-0.39, 0.29) is 12.5 Å². The molecule has 0 atom stereocenters. The van der Waals surface area contributed by atoms with Gasteiger partial charge in [-0.05, 0) is 62.1 Å². The number of anilines is 1. The highest BCUT2D eigenvalue weighted by molar-refractivity contribution is 5.96. The minimum atomic E-state index is -0.564. The smallest absolute Gasteiger partial charge is 0.338 e. The van der Waals surface area contributed by atoms with Gasteiger partial charge in [-0.25, -0.2) is 4.79 Å². The van der Waals surface area contributed by atoms with Crippen LogP contribution in [-0.4, -0.2) is 30.9 Å². The molecule has 0 unspecified atom stereocenters. The third kappa shape index (κ3) is 5.41. The second-order valence-electron chi connectivity index (χ2n) is 6.40. The summed E-state index contributed by atoms with van der Waals surface area (Å²) in [7, 11) is 0. The number of carbonyl (C=O) groups excluding carboxylic acids is 3. The first kappa shape index (κ1) is 20.2. The first-order chi connectivity index (χ1) is 12.8. The topological polar surface area (TPSA) is 84.5 Å². The second-order valence-corrected chi connectivity index (χ2v) is 6.40. The van der Waals surface area contributed by atoms with Crippen molar-refractivity contribution in [3.63, 3.8) is 0 Å². The van der Waals surface area contributed by atoms with Crippen molar-refractivity contribution in [1.82, 2.24) is 5.32 Å². The van der Waals surface area contributed by atoms with Gasteiger partial charge >= 0.3 is 5.97 Å². The van der Waals surface area contributed by atoms with E-state index in [0.717, 1.165) is 22.3 Å². The van der Waals surface area contributed by atoms with Crippen LogP contribution in [0.1, 0.15) is 32.6 Å². The van der Waals surface area contributed by atoms with E-state index in [0.29, 0.717) is 11.3 Å². The highest BCUT2D eigenvalue weighted by Crippen LogP contribution is 2.17. The van der Waals surface area contributed by atoms with E-state index in [1.807, 2.05) is 45.9 Å². The number of aryl methyl sites for hydroxylation is 2. The summed E-state index contributed by atoms with van der Waals surface area (Å²) in [6.07, 6.45) is 0. The van der Waals surface area contributed by atoms with Crippen molar-refractivity contribution in [2.45, 2.75) is 27.7 Å². The monoisotopic (exact) mass is 368 g/mol. The van der Waals surface area contributed by atoms with Gasteiger partial charge in [0.2, 0.25) is 5.91 Å². The Bertz CT molecular complexity index is 874. The van der Waals surface area contributed by atoms with Gasteiger partial charge in [0.05, 0.1) is 12.1 Å². The van der Waals surface area contributed by atoms with Gasteiger partial charge in [-0.2, -0.15) is 0 Å². The lowest BCUT2D eigenvalue weighted by Gasteiger charge is -2.11. The van der Waals surface area contributed by atoms with Gasteiger partial charge in [0.15, 0.2) is 6.61 Å². The molecule has 0 aliphatic rings. The third-order valence-electron chi connectivity index (χ3n) is 4.48. The average molecular weight is 368 g/mol. The molecule has 6 nitrogen and oxygen atoms in total. The fourth-order valence-corrected chi connectivity index (χ4v) is 2.49. The largest absolute Gasteiger partial charge is 0.452 e. The van der Waals surface area contributed by atoms with Gasteiger partial charge in [0.1, 0.15) is 0 Å². The van der Waals surface area contributed by atoms with Gasteiger partial charge in [-0.15, -0.1) is 0 Å². The molecule has 0 spiro atoms. The van der Waals surface area contributed by atoms with Crippen LogP contribution in [0.2, 0.25) is 0 Å². The van der Waals surface area contributed by atoms with E-state index in [9.17, 15) is 14.4 Å². The summed E-state index contributed by atoms with van der Waals surface area (Å²) in [4.78, 5) is 35.9. The Hall–Kier alpha value is -3.15. The molecule has 0 aliphatic heterocycles. The van der Waals surface area contributed by atoms with E-state index in [4.69, 9.17) is 4.74 Å². The average Bonchev–Trinajstić information content (AvgIpc) is 2.64. The van der Waals surface area contributed by atoms with Crippen molar-refractivity contribution in [2.24, 2.45) is 0 Å². The molecule has 0 heterocycles. The molecular formula is C21H24N2O4. The summed E-state index contributed by atoms with van der Waals surface area (Å²) < 4.78 is 5.03. The number of carbonyl (C=O) groups is 3. The fourth-order valence-electron chi connectivity index (χ4n) is 2.49. The summed E-state index contributed by atoms with van der Waals surface area (Å²) in [6, 6.07) is 10.9. The Balaban J connectivity index is 1.80. The van der Waals surface area contributed by atoms with Crippen LogP contribution in [0.4, 0.5) is 5.69 Å². The number of rotatable bonds is 6. The highest BCUT2D eigenvalue weighted by Gasteiger charge is 2.14. The van der Waals surface area contributed by atoms with Crippen molar-refractivity contribution in [3.05, 3.63) is 64.2 Å². The molecule has 2 N–H and O–H groups in total. The van der Waals surface area contributed by atoms with Crippen LogP contribution in [0.25, 0.3) is 0 Å². The molecule has 0 saturated heterocycles. The molecule has 0 saturated carbocycles. The van der Waals surface area contributed by atoms with E-state index in [1.165, 1.54) is 0 Å². The lowest BCUT2D eigenvalue weighted by atomic mass is 10.0. The van der Waals surface area contributed by atoms with Crippen LogP contribution in [0.3, 0.4) is 0 Å². The number of hydrogen-bond donors (Lipinski definition) is 2. The Morgan fingerprint density at radius 3 is 2.19 bits per heavy atom. The van der Waals surface area contributed by atoms with Crippen LogP contribution in [-0.2, 0) is 14.3 Å². The fraction of sp³-hybridized carbons (Fsp3) is 0.286. The molecule has 6 heteroatoms. The lowest BCUT2D eigenvalue weighted by Crippen LogP contribution is -2.35. The minimum absolute atomic E-state index is 0.201. The van der Waals surface area contributed by atoms with Gasteiger partial charge in [0, 0.05) is 5.69 Å². The molecule has 0 bridgehead atoms. The number of nitrogens with one attached hydrogen (secondary N) is 2. The number of esters is 1. The predicted molar refractivity (Wildman–Crippen MR) is 104 cm³/mol. The van der Waals surface area contributed by atoms with Crippen molar-refractivity contribution < 1.29 is 19.1 Å². The lowest BCUT2D eigenvalue weighted by molar-refractivity contribution is -0.126.